The predicted molar refractivity (Wildman–Crippen MR) is 204 cm³/mol. The average molecular weight is 777 g/mol. The largest absolute Gasteiger partial charge is 0.446 e. The van der Waals surface area contributed by atoms with E-state index in [1.54, 1.807) is 23.6 Å². The lowest BCUT2D eigenvalue weighted by atomic mass is 10.0. The zero-order valence-electron chi connectivity index (χ0n) is 32.0. The first-order valence-corrected chi connectivity index (χ1v) is 19.5. The van der Waals surface area contributed by atoms with Crippen molar-refractivity contribution in [3.05, 3.63) is 48.5 Å². The summed E-state index contributed by atoms with van der Waals surface area (Å²) in [7, 11) is 0. The van der Waals surface area contributed by atoms with Crippen LogP contribution in [0.1, 0.15) is 52.4 Å². The standard InChI is InChI=1S/C40H52N6O10/c1-25(41-39(51)55-33-13-19-53-20-14-33)37(49)45-17-11-29(23-45)35(47)43-31-7-3-27(4-8-31)28-5-9-32(10-6-28)44-36(48)30-12-18-46(24-30)38(50)26(2)42-40(52)56-34-15-21-54-22-16-34/h3-10,25-26,29-30,33-34H,11-24H2,1-2H3,(H,41,51)(H,42,52)(H,43,47)(H,44,48)/t25-,26+,29+,30-. The summed E-state index contributed by atoms with van der Waals surface area (Å²) in [5.41, 5.74) is 3.09. The highest BCUT2D eigenvalue weighted by atomic mass is 16.6. The van der Waals surface area contributed by atoms with Crippen LogP contribution < -0.4 is 21.3 Å². The molecule has 4 fully saturated rings. The summed E-state index contributed by atoms with van der Waals surface area (Å²) in [6, 6.07) is 13.3. The van der Waals surface area contributed by atoms with E-state index in [4.69, 9.17) is 18.9 Å². The molecule has 0 unspecified atom stereocenters. The van der Waals surface area contributed by atoms with Crippen molar-refractivity contribution in [1.29, 1.82) is 0 Å². The Labute approximate surface area is 326 Å². The third-order valence-electron chi connectivity index (χ3n) is 10.7. The van der Waals surface area contributed by atoms with Crippen LogP contribution in [0.4, 0.5) is 21.0 Å². The number of hydrogen-bond donors (Lipinski definition) is 4. The van der Waals surface area contributed by atoms with Crippen LogP contribution in [-0.4, -0.2) is 123 Å². The fourth-order valence-electron chi connectivity index (χ4n) is 7.31. The van der Waals surface area contributed by atoms with E-state index in [1.807, 2.05) is 48.5 Å². The molecule has 0 bridgehead atoms. The van der Waals surface area contributed by atoms with Gasteiger partial charge in [-0.3, -0.25) is 19.2 Å². The van der Waals surface area contributed by atoms with Crippen LogP contribution in [0, 0.1) is 11.8 Å². The van der Waals surface area contributed by atoms with Crippen molar-refractivity contribution >= 4 is 47.2 Å². The Bertz CT molecular complexity index is 1590. The number of benzene rings is 2. The number of carbonyl (C=O) groups excluding carboxylic acids is 6. The van der Waals surface area contributed by atoms with Crippen molar-refractivity contribution in [2.45, 2.75) is 76.7 Å². The van der Waals surface area contributed by atoms with Crippen LogP contribution in [0.2, 0.25) is 0 Å². The van der Waals surface area contributed by atoms with Gasteiger partial charge in [0.1, 0.15) is 24.3 Å². The quantitative estimate of drug-likeness (QED) is 0.263. The van der Waals surface area contributed by atoms with Crippen LogP contribution in [0.25, 0.3) is 11.1 Å². The van der Waals surface area contributed by atoms with Crippen molar-refractivity contribution in [2.75, 3.05) is 63.2 Å². The first-order valence-electron chi connectivity index (χ1n) is 19.5. The lowest BCUT2D eigenvalue weighted by Gasteiger charge is -2.25. The summed E-state index contributed by atoms with van der Waals surface area (Å²) in [6.07, 6.45) is 1.83. The van der Waals surface area contributed by atoms with E-state index < -0.39 is 24.3 Å². The molecule has 4 aliphatic heterocycles. The minimum Gasteiger partial charge on any atom is -0.446 e. The monoisotopic (exact) mass is 776 g/mol. The highest BCUT2D eigenvalue weighted by Gasteiger charge is 2.35. The molecule has 56 heavy (non-hydrogen) atoms. The number of nitrogens with one attached hydrogen (secondary N) is 4. The van der Waals surface area contributed by atoms with Gasteiger partial charge in [0.15, 0.2) is 0 Å². The highest BCUT2D eigenvalue weighted by molar-refractivity contribution is 5.95. The maximum absolute atomic E-state index is 13.1. The summed E-state index contributed by atoms with van der Waals surface area (Å²) < 4.78 is 21.4. The number of ether oxygens (including phenoxy) is 4. The zero-order valence-corrected chi connectivity index (χ0v) is 32.0. The van der Waals surface area contributed by atoms with Gasteiger partial charge < -0.3 is 50.0 Å². The van der Waals surface area contributed by atoms with Crippen LogP contribution in [0.5, 0.6) is 0 Å². The van der Waals surface area contributed by atoms with Gasteiger partial charge in [0.2, 0.25) is 23.6 Å². The Morgan fingerprint density at radius 3 is 1.29 bits per heavy atom. The fraction of sp³-hybridized carbons (Fsp3) is 0.550. The first-order chi connectivity index (χ1) is 27.0. The minimum atomic E-state index is -0.780. The Balaban J connectivity index is 0.906. The van der Waals surface area contributed by atoms with Gasteiger partial charge in [-0.25, -0.2) is 9.59 Å². The van der Waals surface area contributed by atoms with Gasteiger partial charge in [-0.15, -0.1) is 0 Å². The molecule has 0 aliphatic carbocycles. The van der Waals surface area contributed by atoms with Crippen LogP contribution in [0.15, 0.2) is 48.5 Å². The molecule has 4 atom stereocenters. The van der Waals surface area contributed by atoms with Crippen molar-refractivity contribution < 1.29 is 47.7 Å². The molecule has 16 nitrogen and oxygen atoms in total. The summed E-state index contributed by atoms with van der Waals surface area (Å²) in [5.74, 6) is -1.65. The molecule has 0 radical (unpaired) electrons. The molecule has 0 saturated carbocycles. The summed E-state index contributed by atoms with van der Waals surface area (Å²) in [5, 5.41) is 11.1. The molecule has 0 aromatic heterocycles. The lowest BCUT2D eigenvalue weighted by Crippen LogP contribution is -2.47. The maximum atomic E-state index is 13.1. The number of likely N-dealkylation sites (tertiary alicyclic amines) is 2. The van der Waals surface area contributed by atoms with Crippen molar-refractivity contribution in [3.63, 3.8) is 0 Å². The Morgan fingerprint density at radius 1 is 0.571 bits per heavy atom. The minimum absolute atomic E-state index is 0.181. The Kier molecular flexibility index (Phi) is 13.8. The molecule has 2 aromatic carbocycles. The molecule has 6 rings (SSSR count). The van der Waals surface area contributed by atoms with E-state index in [0.717, 1.165) is 11.1 Å². The SMILES string of the molecule is C[C@H](NC(=O)OC1CCOCC1)C(=O)N1CC[C@@H](C(=O)Nc2ccc(-c3ccc(NC(=O)[C@H]4CCN(C(=O)[C@@H](C)NC(=O)OC5CCOCC5)C4)cc3)cc2)C1. The molecule has 16 heteroatoms. The number of alkyl carbamates (subject to hydrolysis) is 2. The van der Waals surface area contributed by atoms with E-state index in [2.05, 4.69) is 21.3 Å². The van der Waals surface area contributed by atoms with Crippen LogP contribution in [-0.2, 0) is 38.1 Å². The van der Waals surface area contributed by atoms with Gasteiger partial charge in [0, 0.05) is 63.2 Å². The second kappa shape index (κ2) is 19.1. The number of hydrogen-bond acceptors (Lipinski definition) is 10. The number of amides is 6. The molecule has 0 spiro atoms. The van der Waals surface area contributed by atoms with Gasteiger partial charge in [-0.2, -0.15) is 0 Å². The fourth-order valence-corrected chi connectivity index (χ4v) is 7.31. The smallest absolute Gasteiger partial charge is 0.408 e. The van der Waals surface area contributed by atoms with E-state index in [0.29, 0.717) is 89.4 Å². The van der Waals surface area contributed by atoms with Gasteiger partial charge in [-0.05, 0) is 62.1 Å². The number of anilines is 2. The molecule has 4 saturated heterocycles. The molecule has 6 amide bonds. The summed E-state index contributed by atoms with van der Waals surface area (Å²) in [6.45, 7) is 6.74. The van der Waals surface area contributed by atoms with Crippen molar-refractivity contribution in [2.24, 2.45) is 11.8 Å². The number of rotatable bonds is 11. The van der Waals surface area contributed by atoms with Gasteiger partial charge >= 0.3 is 12.2 Å². The summed E-state index contributed by atoms with van der Waals surface area (Å²) in [4.78, 5) is 79.9. The molecule has 4 heterocycles. The lowest BCUT2D eigenvalue weighted by molar-refractivity contribution is -0.133. The predicted octanol–water partition coefficient (Wildman–Crippen LogP) is 3.52. The van der Waals surface area contributed by atoms with Crippen LogP contribution in [0.3, 0.4) is 0 Å². The third kappa shape index (κ3) is 11.0. The summed E-state index contributed by atoms with van der Waals surface area (Å²) >= 11 is 0. The second-order valence-corrected chi connectivity index (χ2v) is 14.8. The molecule has 4 N–H and O–H groups in total. The van der Waals surface area contributed by atoms with E-state index in [1.165, 1.54) is 0 Å². The Hall–Kier alpha value is -5.22. The number of nitrogens with zero attached hydrogens (tertiary/aromatic N) is 2. The third-order valence-corrected chi connectivity index (χ3v) is 10.7. The van der Waals surface area contributed by atoms with Crippen LogP contribution >= 0.6 is 0 Å². The Morgan fingerprint density at radius 2 is 0.929 bits per heavy atom. The van der Waals surface area contributed by atoms with E-state index in [-0.39, 0.29) is 60.8 Å². The topological polar surface area (TPSA) is 194 Å². The van der Waals surface area contributed by atoms with E-state index >= 15 is 0 Å². The number of carbonyl (C=O) groups is 6. The molecule has 4 aliphatic rings. The van der Waals surface area contributed by atoms with Crippen molar-refractivity contribution in [1.82, 2.24) is 20.4 Å². The maximum Gasteiger partial charge on any atom is 0.408 e. The normalized spacial score (nSPS) is 21.4. The van der Waals surface area contributed by atoms with E-state index in [9.17, 15) is 28.8 Å². The molecule has 2 aromatic rings. The second-order valence-electron chi connectivity index (χ2n) is 14.8. The highest BCUT2D eigenvalue weighted by Crippen LogP contribution is 2.26. The van der Waals surface area contributed by atoms with Crippen molar-refractivity contribution in [3.8, 4) is 11.1 Å². The molecular formula is C40H52N6O10. The van der Waals surface area contributed by atoms with Gasteiger partial charge in [-0.1, -0.05) is 24.3 Å². The average Bonchev–Trinajstić information content (AvgIpc) is 3.90. The first kappa shape index (κ1) is 40.4. The molecular weight excluding hydrogens is 724 g/mol. The molecule has 302 valence electrons. The van der Waals surface area contributed by atoms with Gasteiger partial charge in [0.25, 0.3) is 0 Å². The zero-order chi connectivity index (χ0) is 39.6. The van der Waals surface area contributed by atoms with Gasteiger partial charge in [0.05, 0.1) is 38.3 Å².